The molecule has 2 N–H and O–H groups in total. The molecule has 0 saturated carbocycles. The van der Waals surface area contributed by atoms with E-state index in [0.717, 1.165) is 0 Å². The van der Waals surface area contributed by atoms with Crippen molar-refractivity contribution < 1.29 is 14.3 Å². The van der Waals surface area contributed by atoms with E-state index in [2.05, 4.69) is 10.6 Å². The van der Waals surface area contributed by atoms with Gasteiger partial charge in [0.2, 0.25) is 11.8 Å². The zero-order chi connectivity index (χ0) is 19.1. The van der Waals surface area contributed by atoms with E-state index in [1.54, 1.807) is 74.5 Å². The van der Waals surface area contributed by atoms with Crippen molar-refractivity contribution >= 4 is 34.8 Å². The molecule has 7 heteroatoms. The van der Waals surface area contributed by atoms with Crippen LogP contribution in [0.15, 0.2) is 48.5 Å². The number of carbonyl (C=O) groups is 2. The minimum absolute atomic E-state index is 0.0795. The minimum Gasteiger partial charge on any atom is -0.497 e. The first-order valence-electron chi connectivity index (χ1n) is 8.09. The van der Waals surface area contributed by atoms with Crippen molar-refractivity contribution in [3.8, 4) is 5.75 Å². The summed E-state index contributed by atoms with van der Waals surface area (Å²) in [7, 11) is 3.30. The lowest BCUT2D eigenvalue weighted by atomic mass is 10.2. The maximum Gasteiger partial charge on any atom is 0.241 e. The molecule has 0 saturated heterocycles. The number of methoxy groups -OCH3 is 1. The van der Waals surface area contributed by atoms with Gasteiger partial charge in [-0.15, -0.1) is 0 Å². The average molecular weight is 376 g/mol. The van der Waals surface area contributed by atoms with Crippen molar-refractivity contribution in [1.29, 1.82) is 0 Å². The number of rotatable bonds is 7. The van der Waals surface area contributed by atoms with Crippen LogP contribution in [0.4, 0.5) is 11.4 Å². The lowest BCUT2D eigenvalue weighted by Gasteiger charge is -2.23. The van der Waals surface area contributed by atoms with Crippen LogP contribution in [0.2, 0.25) is 5.02 Å². The molecule has 1 atom stereocenters. The van der Waals surface area contributed by atoms with E-state index in [-0.39, 0.29) is 18.4 Å². The van der Waals surface area contributed by atoms with E-state index in [0.29, 0.717) is 22.1 Å². The standard InChI is InChI=1S/C19H22ClN3O3/c1-13(19(25)22-16-6-4-5-14(20)11-16)23(2)12-18(24)21-15-7-9-17(26-3)10-8-15/h4-11,13H,12H2,1-3H3,(H,21,24)(H,22,25)/t13-/m1/s1. The molecule has 0 heterocycles. The molecule has 2 amide bonds. The lowest BCUT2D eigenvalue weighted by Crippen LogP contribution is -2.43. The Morgan fingerprint density at radius 2 is 1.81 bits per heavy atom. The number of amides is 2. The van der Waals surface area contributed by atoms with Gasteiger partial charge < -0.3 is 15.4 Å². The molecule has 0 aliphatic rings. The van der Waals surface area contributed by atoms with Gasteiger partial charge in [0, 0.05) is 16.4 Å². The Kier molecular flexibility index (Phi) is 7.00. The summed E-state index contributed by atoms with van der Waals surface area (Å²) in [6.45, 7) is 1.82. The predicted octanol–water partition coefficient (Wildman–Crippen LogP) is 3.25. The number of halogens is 1. The number of carbonyl (C=O) groups excluding carboxylic acids is 2. The molecule has 0 spiro atoms. The van der Waals surface area contributed by atoms with Crippen LogP contribution in [0.3, 0.4) is 0 Å². The van der Waals surface area contributed by atoms with Crippen LogP contribution < -0.4 is 15.4 Å². The second-order valence-electron chi connectivity index (χ2n) is 5.87. The van der Waals surface area contributed by atoms with Gasteiger partial charge in [-0.2, -0.15) is 0 Å². The summed E-state index contributed by atoms with van der Waals surface area (Å²) < 4.78 is 5.08. The largest absolute Gasteiger partial charge is 0.497 e. The van der Waals surface area contributed by atoms with E-state index >= 15 is 0 Å². The highest BCUT2D eigenvalue weighted by atomic mass is 35.5. The number of likely N-dealkylation sites (N-methyl/N-ethyl adjacent to an activating group) is 1. The van der Waals surface area contributed by atoms with E-state index in [1.807, 2.05) is 0 Å². The van der Waals surface area contributed by atoms with E-state index < -0.39 is 6.04 Å². The summed E-state index contributed by atoms with van der Waals surface area (Å²) in [5.41, 5.74) is 1.28. The Hall–Kier alpha value is -2.57. The summed E-state index contributed by atoms with van der Waals surface area (Å²) in [4.78, 5) is 26.2. The molecule has 0 aliphatic heterocycles. The molecule has 0 radical (unpaired) electrons. The molecule has 138 valence electrons. The summed E-state index contributed by atoms with van der Waals surface area (Å²) >= 11 is 5.91. The Labute approximate surface area is 158 Å². The summed E-state index contributed by atoms with van der Waals surface area (Å²) in [6, 6.07) is 13.5. The van der Waals surface area contributed by atoms with Crippen molar-refractivity contribution in [2.45, 2.75) is 13.0 Å². The van der Waals surface area contributed by atoms with Gasteiger partial charge in [0.15, 0.2) is 0 Å². The van der Waals surface area contributed by atoms with Crippen LogP contribution in [0.25, 0.3) is 0 Å². The van der Waals surface area contributed by atoms with Gasteiger partial charge in [-0.1, -0.05) is 17.7 Å². The topological polar surface area (TPSA) is 70.7 Å². The zero-order valence-electron chi connectivity index (χ0n) is 15.0. The Bertz CT molecular complexity index is 765. The fraction of sp³-hybridized carbons (Fsp3) is 0.263. The van der Waals surface area contributed by atoms with Crippen LogP contribution in [0.1, 0.15) is 6.92 Å². The molecule has 6 nitrogen and oxygen atoms in total. The fourth-order valence-electron chi connectivity index (χ4n) is 2.25. The van der Waals surface area contributed by atoms with Crippen molar-refractivity contribution in [3.63, 3.8) is 0 Å². The number of hydrogen-bond acceptors (Lipinski definition) is 4. The third kappa shape index (κ3) is 5.75. The fourth-order valence-corrected chi connectivity index (χ4v) is 2.44. The monoisotopic (exact) mass is 375 g/mol. The van der Waals surface area contributed by atoms with Crippen molar-refractivity contribution in [2.24, 2.45) is 0 Å². The van der Waals surface area contributed by atoms with Crippen molar-refractivity contribution in [1.82, 2.24) is 4.90 Å². The summed E-state index contributed by atoms with van der Waals surface area (Å²) in [5, 5.41) is 6.12. The number of nitrogens with zero attached hydrogens (tertiary/aromatic N) is 1. The highest BCUT2D eigenvalue weighted by Gasteiger charge is 2.20. The van der Waals surface area contributed by atoms with Crippen LogP contribution in [0.5, 0.6) is 5.75 Å². The highest BCUT2D eigenvalue weighted by Crippen LogP contribution is 2.16. The second kappa shape index (κ2) is 9.22. The second-order valence-corrected chi connectivity index (χ2v) is 6.30. The average Bonchev–Trinajstić information content (AvgIpc) is 2.61. The maximum atomic E-state index is 12.3. The molecular weight excluding hydrogens is 354 g/mol. The van der Waals surface area contributed by atoms with Crippen LogP contribution in [-0.2, 0) is 9.59 Å². The number of anilines is 2. The first kappa shape index (κ1) is 19.8. The summed E-state index contributed by atoms with van der Waals surface area (Å²) in [6.07, 6.45) is 0. The third-order valence-corrected chi connectivity index (χ3v) is 4.13. The Morgan fingerprint density at radius 3 is 2.42 bits per heavy atom. The summed E-state index contributed by atoms with van der Waals surface area (Å²) in [5.74, 6) is 0.290. The van der Waals surface area contributed by atoms with Gasteiger partial charge in [0.05, 0.1) is 19.7 Å². The molecule has 0 aliphatic carbocycles. The molecule has 2 aromatic rings. The molecule has 2 aromatic carbocycles. The van der Waals surface area contributed by atoms with E-state index in [9.17, 15) is 9.59 Å². The van der Waals surface area contributed by atoms with Crippen molar-refractivity contribution in [3.05, 3.63) is 53.6 Å². The molecule has 0 unspecified atom stereocenters. The number of ether oxygens (including phenoxy) is 1. The normalized spacial score (nSPS) is 11.7. The maximum absolute atomic E-state index is 12.3. The predicted molar refractivity (Wildman–Crippen MR) is 104 cm³/mol. The first-order chi connectivity index (χ1) is 12.4. The third-order valence-electron chi connectivity index (χ3n) is 3.90. The van der Waals surface area contributed by atoms with Gasteiger partial charge in [0.1, 0.15) is 5.75 Å². The number of nitrogens with one attached hydrogen (secondary N) is 2. The number of benzene rings is 2. The molecular formula is C19H22ClN3O3. The van der Waals surface area contributed by atoms with Gasteiger partial charge >= 0.3 is 0 Å². The molecule has 0 fully saturated rings. The van der Waals surface area contributed by atoms with Crippen LogP contribution in [-0.4, -0.2) is 43.5 Å². The lowest BCUT2D eigenvalue weighted by molar-refractivity contribution is -0.122. The SMILES string of the molecule is COc1ccc(NC(=O)CN(C)[C@H](C)C(=O)Nc2cccc(Cl)c2)cc1. The smallest absolute Gasteiger partial charge is 0.241 e. The van der Waals surface area contributed by atoms with Crippen LogP contribution in [0, 0.1) is 0 Å². The minimum atomic E-state index is -0.490. The van der Waals surface area contributed by atoms with Gasteiger partial charge in [-0.05, 0) is 56.4 Å². The van der Waals surface area contributed by atoms with E-state index in [4.69, 9.17) is 16.3 Å². The first-order valence-corrected chi connectivity index (χ1v) is 8.47. The molecule has 0 aromatic heterocycles. The van der Waals surface area contributed by atoms with Gasteiger partial charge in [0.25, 0.3) is 0 Å². The molecule has 0 bridgehead atoms. The molecule has 26 heavy (non-hydrogen) atoms. The molecule has 2 rings (SSSR count). The van der Waals surface area contributed by atoms with Gasteiger partial charge in [-0.3, -0.25) is 14.5 Å². The Morgan fingerprint density at radius 1 is 1.12 bits per heavy atom. The Balaban J connectivity index is 1.87. The zero-order valence-corrected chi connectivity index (χ0v) is 15.7. The quantitative estimate of drug-likeness (QED) is 0.779. The van der Waals surface area contributed by atoms with E-state index in [1.165, 1.54) is 0 Å². The van der Waals surface area contributed by atoms with Crippen molar-refractivity contribution in [2.75, 3.05) is 31.3 Å². The number of hydrogen-bond donors (Lipinski definition) is 2. The highest BCUT2D eigenvalue weighted by molar-refractivity contribution is 6.30. The van der Waals surface area contributed by atoms with Gasteiger partial charge in [-0.25, -0.2) is 0 Å². The van der Waals surface area contributed by atoms with Crippen LogP contribution >= 0.6 is 11.6 Å².